The predicted octanol–water partition coefficient (Wildman–Crippen LogP) is 2.13. The molecule has 3 aliphatic heterocycles. The number of alkyl halides is 6. The summed E-state index contributed by atoms with van der Waals surface area (Å²) in [6.45, 7) is -2.15. The molecule has 4 bridgehead atoms. The fourth-order valence-corrected chi connectivity index (χ4v) is 5.77. The summed E-state index contributed by atoms with van der Waals surface area (Å²) in [6, 6.07) is 0. The fraction of sp³-hybridized carbons (Fsp3) is 0.750. The van der Waals surface area contributed by atoms with Crippen LogP contribution in [0.5, 0.6) is 0 Å². The molecular weight excluding hydrogens is 466 g/mol. The van der Waals surface area contributed by atoms with Crippen LogP contribution in [-0.2, 0) is 33.3 Å². The zero-order chi connectivity index (χ0) is 23.9. The number of ether oxygens (including phenoxy) is 4. The Bertz CT molecular complexity index is 904. The van der Waals surface area contributed by atoms with Crippen LogP contribution in [0.3, 0.4) is 0 Å². The summed E-state index contributed by atoms with van der Waals surface area (Å²) in [5.74, 6) is -12.1. The van der Waals surface area contributed by atoms with Crippen molar-refractivity contribution in [3.8, 4) is 0 Å². The van der Waals surface area contributed by atoms with E-state index in [4.69, 9.17) is 14.2 Å². The van der Waals surface area contributed by atoms with Crippen molar-refractivity contribution >= 4 is 17.9 Å². The predicted molar refractivity (Wildman–Crippen MR) is 91.1 cm³/mol. The van der Waals surface area contributed by atoms with E-state index in [9.17, 15) is 40.7 Å². The summed E-state index contributed by atoms with van der Waals surface area (Å²) < 4.78 is 97.8. The lowest BCUT2D eigenvalue weighted by Gasteiger charge is -2.31. The smallest absolute Gasteiger partial charge is 0.425 e. The quantitative estimate of drug-likeness (QED) is 0.247. The largest absolute Gasteiger partial charge is 0.459 e. The van der Waals surface area contributed by atoms with Crippen LogP contribution >= 0.6 is 0 Å². The first-order chi connectivity index (χ1) is 15.4. The first kappa shape index (κ1) is 22.5. The van der Waals surface area contributed by atoms with E-state index in [-0.39, 0.29) is 12.5 Å². The van der Waals surface area contributed by atoms with Gasteiger partial charge in [0.25, 0.3) is 6.17 Å². The van der Waals surface area contributed by atoms with Crippen molar-refractivity contribution < 1.29 is 59.7 Å². The van der Waals surface area contributed by atoms with Crippen LogP contribution in [0.15, 0.2) is 12.2 Å². The molecule has 0 N–H and O–H groups in total. The molecule has 3 heterocycles. The lowest BCUT2D eigenvalue weighted by molar-refractivity contribution is -0.255. The molecule has 4 fully saturated rings. The van der Waals surface area contributed by atoms with Gasteiger partial charge in [-0.05, 0) is 12.8 Å². The number of carbonyl (C=O) groups excluding carboxylic acids is 3. The van der Waals surface area contributed by atoms with Gasteiger partial charge in [0.1, 0.15) is 12.2 Å². The minimum atomic E-state index is -5.84. The third kappa shape index (κ3) is 3.50. The highest BCUT2D eigenvalue weighted by atomic mass is 19.4. The molecule has 2 saturated heterocycles. The van der Waals surface area contributed by atoms with Crippen LogP contribution < -0.4 is 0 Å². The molecule has 2 saturated carbocycles. The summed E-state index contributed by atoms with van der Waals surface area (Å²) in [5, 5.41) is 0. The average Bonchev–Trinajstić information content (AvgIpc) is 3.52. The molecular formula is C20H18F6O7. The molecule has 0 aromatic heterocycles. The second kappa shape index (κ2) is 7.34. The first-order valence-corrected chi connectivity index (χ1v) is 10.4. The average molecular weight is 484 g/mol. The lowest BCUT2D eigenvalue weighted by atomic mass is 9.78. The van der Waals surface area contributed by atoms with E-state index in [1.807, 2.05) is 6.08 Å². The first-order valence-electron chi connectivity index (χ1n) is 10.4. The molecule has 0 aromatic rings. The van der Waals surface area contributed by atoms with Gasteiger partial charge in [0.15, 0.2) is 6.61 Å². The number of carbonyl (C=O) groups is 3. The molecule has 10 atom stereocenters. The number of halogens is 6. The van der Waals surface area contributed by atoms with E-state index < -0.39 is 90.7 Å². The molecule has 0 radical (unpaired) electrons. The topological polar surface area (TPSA) is 88.1 Å². The van der Waals surface area contributed by atoms with Gasteiger partial charge in [-0.25, -0.2) is 4.39 Å². The Morgan fingerprint density at radius 1 is 1.09 bits per heavy atom. The number of hydrogen-bond acceptors (Lipinski definition) is 7. The number of esters is 3. The lowest BCUT2D eigenvalue weighted by Crippen LogP contribution is -2.47. The third-order valence-electron chi connectivity index (χ3n) is 7.17. The Morgan fingerprint density at radius 3 is 2.42 bits per heavy atom. The summed E-state index contributed by atoms with van der Waals surface area (Å²) in [7, 11) is 0. The maximum absolute atomic E-state index is 13.6. The van der Waals surface area contributed by atoms with Crippen LogP contribution in [-0.4, -0.2) is 67.2 Å². The van der Waals surface area contributed by atoms with Crippen molar-refractivity contribution in [3.63, 3.8) is 0 Å². The maximum atomic E-state index is 13.6. The summed E-state index contributed by atoms with van der Waals surface area (Å²) in [5.41, 5.74) is 0. The van der Waals surface area contributed by atoms with Gasteiger partial charge in [0.05, 0.1) is 30.0 Å². The van der Waals surface area contributed by atoms with Crippen LogP contribution in [0.2, 0.25) is 0 Å². The normalized spacial score (nSPS) is 41.4. The Labute approximate surface area is 182 Å². The van der Waals surface area contributed by atoms with Gasteiger partial charge in [-0.15, -0.1) is 0 Å². The Morgan fingerprint density at radius 2 is 1.82 bits per heavy atom. The number of rotatable bonds is 6. The van der Waals surface area contributed by atoms with Crippen LogP contribution in [0.1, 0.15) is 12.8 Å². The summed E-state index contributed by atoms with van der Waals surface area (Å²) >= 11 is 0. The SMILES string of the molecule is O=C(OC1C2CC3C1OC(=O)C3C2C(=O)OCC(F)(F)C(F)C(F)(F)F)C1CC2C=CC1O2. The van der Waals surface area contributed by atoms with Crippen molar-refractivity contribution in [1.29, 1.82) is 0 Å². The van der Waals surface area contributed by atoms with Crippen LogP contribution in [0.4, 0.5) is 26.3 Å². The molecule has 5 rings (SSSR count). The Hall–Kier alpha value is -2.31. The van der Waals surface area contributed by atoms with E-state index >= 15 is 0 Å². The van der Waals surface area contributed by atoms with E-state index in [0.717, 1.165) is 0 Å². The van der Waals surface area contributed by atoms with E-state index in [1.54, 1.807) is 6.08 Å². The highest BCUT2D eigenvalue weighted by Crippen LogP contribution is 2.59. The standard InChI is InChI=1S/C20H18F6O7/c21-18(20(24,25)26)19(22,23)5-30-16(28)11-8-4-9-12(11)17(29)33-14(9)13(8)32-15(27)7-3-6-1-2-10(7)31-6/h1-2,6-14,18H,3-5H2. The monoisotopic (exact) mass is 484 g/mol. The van der Waals surface area contributed by atoms with Crippen LogP contribution in [0.25, 0.3) is 0 Å². The summed E-state index contributed by atoms with van der Waals surface area (Å²) in [6.07, 6.45) is -8.72. The minimum Gasteiger partial charge on any atom is -0.459 e. The minimum absolute atomic E-state index is 0.205. The zero-order valence-electron chi connectivity index (χ0n) is 16.7. The Balaban J connectivity index is 1.27. The molecule has 5 aliphatic rings. The second-order valence-electron chi connectivity index (χ2n) is 9.06. The maximum Gasteiger partial charge on any atom is 0.425 e. The van der Waals surface area contributed by atoms with Gasteiger partial charge in [-0.1, -0.05) is 12.2 Å². The van der Waals surface area contributed by atoms with Crippen molar-refractivity contribution in [2.24, 2.45) is 29.6 Å². The zero-order valence-corrected chi connectivity index (χ0v) is 16.7. The van der Waals surface area contributed by atoms with Crippen molar-refractivity contribution in [1.82, 2.24) is 0 Å². The van der Waals surface area contributed by atoms with E-state index in [0.29, 0.717) is 6.42 Å². The van der Waals surface area contributed by atoms with Crippen LogP contribution in [0, 0.1) is 29.6 Å². The molecule has 10 unspecified atom stereocenters. The van der Waals surface area contributed by atoms with E-state index in [1.165, 1.54) is 0 Å². The van der Waals surface area contributed by atoms with E-state index in [2.05, 4.69) is 4.74 Å². The molecule has 33 heavy (non-hydrogen) atoms. The third-order valence-corrected chi connectivity index (χ3v) is 7.17. The van der Waals surface area contributed by atoms with Gasteiger partial charge in [-0.3, -0.25) is 14.4 Å². The Kier molecular flexibility index (Phi) is 5.00. The van der Waals surface area contributed by atoms with Gasteiger partial charge in [-0.2, -0.15) is 22.0 Å². The molecule has 0 aromatic carbocycles. The molecule has 13 heteroatoms. The van der Waals surface area contributed by atoms with Gasteiger partial charge in [0.2, 0.25) is 0 Å². The highest BCUT2D eigenvalue weighted by Gasteiger charge is 2.70. The molecule has 0 amide bonds. The molecule has 7 nitrogen and oxygen atoms in total. The summed E-state index contributed by atoms with van der Waals surface area (Å²) in [4.78, 5) is 37.5. The van der Waals surface area contributed by atoms with Crippen molar-refractivity contribution in [2.75, 3.05) is 6.61 Å². The number of fused-ring (bicyclic) bond motifs is 3. The van der Waals surface area contributed by atoms with Crippen molar-refractivity contribution in [2.45, 2.75) is 55.5 Å². The molecule has 2 aliphatic carbocycles. The van der Waals surface area contributed by atoms with Gasteiger partial charge in [0, 0.05) is 11.8 Å². The fourth-order valence-electron chi connectivity index (χ4n) is 5.77. The molecule has 182 valence electrons. The highest BCUT2D eigenvalue weighted by molar-refractivity contribution is 5.86. The number of hydrogen-bond donors (Lipinski definition) is 0. The molecule has 0 spiro atoms. The second-order valence-corrected chi connectivity index (χ2v) is 9.06. The van der Waals surface area contributed by atoms with Gasteiger partial charge >= 0.3 is 30.0 Å². The van der Waals surface area contributed by atoms with Crippen molar-refractivity contribution in [3.05, 3.63) is 12.2 Å². The van der Waals surface area contributed by atoms with Gasteiger partial charge < -0.3 is 18.9 Å².